The van der Waals surface area contributed by atoms with E-state index in [2.05, 4.69) is 8.95 Å². The zero-order chi connectivity index (χ0) is 49.1. The first-order valence-corrected chi connectivity index (χ1v) is 23.9. The van der Waals surface area contributed by atoms with E-state index in [0.717, 1.165) is 13.8 Å². The predicted molar refractivity (Wildman–Crippen MR) is 246 cm³/mol. The van der Waals surface area contributed by atoms with E-state index in [-0.39, 0.29) is 35.3 Å². The number of ketones is 1. The molecular weight excluding hydrogens is 907 g/mol. The zero-order valence-electron chi connectivity index (χ0n) is 38.5. The molecule has 4 N–H and O–H groups in total. The normalized spacial score (nSPS) is 30.1. The van der Waals surface area contributed by atoms with Crippen molar-refractivity contribution in [2.24, 2.45) is 16.7 Å². The number of fused-ring (bicyclic) bond motifs is 5. The Labute approximate surface area is 397 Å². The topological polar surface area (TPSA) is 231 Å². The largest absolute Gasteiger partial charge is 0.456 e. The van der Waals surface area contributed by atoms with E-state index in [4.69, 9.17) is 23.7 Å². The first-order chi connectivity index (χ1) is 31.7. The van der Waals surface area contributed by atoms with Crippen LogP contribution in [0.4, 0.5) is 0 Å². The molecule has 16 nitrogen and oxygen atoms in total. The van der Waals surface area contributed by atoms with Gasteiger partial charge in [0.25, 0.3) is 5.91 Å². The molecule has 3 fully saturated rings. The molecule has 18 heteroatoms. The van der Waals surface area contributed by atoms with Crippen molar-refractivity contribution in [3.05, 3.63) is 119 Å². The highest BCUT2D eigenvalue weighted by molar-refractivity contribution is 8.07. The number of nitrogens with one attached hydrogen (secondary N) is 1. The number of esters is 4. The van der Waals surface area contributed by atoms with Gasteiger partial charge in [0.2, 0.25) is 0 Å². The maximum Gasteiger partial charge on any atom is 0.338 e. The van der Waals surface area contributed by atoms with Crippen LogP contribution in [-0.4, -0.2) is 118 Å². The van der Waals surface area contributed by atoms with Gasteiger partial charge in [-0.3, -0.25) is 19.2 Å². The molecule has 0 spiro atoms. The summed E-state index contributed by atoms with van der Waals surface area (Å²) in [4.78, 5) is 83.5. The van der Waals surface area contributed by atoms with E-state index in [1.807, 2.05) is 12.5 Å². The number of ether oxygens (including phenoxy) is 5. The molecule has 11 atom stereocenters. The second-order valence-corrected chi connectivity index (χ2v) is 19.0. The summed E-state index contributed by atoms with van der Waals surface area (Å²) < 4.78 is 34.9. The molecule has 0 radical (unpaired) electrons. The quantitative estimate of drug-likeness (QED) is 0.0782. The number of hydrogen-bond acceptors (Lipinski definition) is 17. The molecule has 3 aromatic carbocycles. The SMILES string of the molecule is CC(=O)O[C@H]1C(=O)[C@@]2(C)[C@H]([C@H](OC(=O)c3ccccc3)[C@]3(O)C[C@H](OC(=O)[C@H](O)[C@@H](NC(=O)c4ccccc4)c4ccccc4)C(C)=C1C3(C)C)[C@]1(OC(C)=O)CO[C@@H]1C[C@@H]2O.CSOSC. The van der Waals surface area contributed by atoms with E-state index >= 15 is 4.79 Å². The summed E-state index contributed by atoms with van der Waals surface area (Å²) in [5.41, 5.74) is -7.02. The molecule has 1 amide bonds. The van der Waals surface area contributed by atoms with Crippen LogP contribution >= 0.6 is 24.1 Å². The summed E-state index contributed by atoms with van der Waals surface area (Å²) in [6, 6.07) is 22.9. The van der Waals surface area contributed by atoms with Gasteiger partial charge in [-0.15, -0.1) is 0 Å². The van der Waals surface area contributed by atoms with Gasteiger partial charge in [0.05, 0.1) is 35.6 Å². The lowest BCUT2D eigenvalue weighted by Gasteiger charge is -2.67. The van der Waals surface area contributed by atoms with Crippen molar-refractivity contribution in [2.45, 2.75) is 108 Å². The number of amides is 1. The van der Waals surface area contributed by atoms with Crippen LogP contribution in [0.3, 0.4) is 0 Å². The highest BCUT2D eigenvalue weighted by atomic mass is 32.2. The molecule has 2 bridgehead atoms. The Morgan fingerprint density at radius 1 is 0.821 bits per heavy atom. The lowest BCUT2D eigenvalue weighted by Crippen LogP contribution is -2.82. The van der Waals surface area contributed by atoms with Crippen LogP contribution in [0, 0.1) is 16.7 Å². The highest BCUT2D eigenvalue weighted by Crippen LogP contribution is 2.64. The van der Waals surface area contributed by atoms with E-state index < -0.39 is 113 Å². The van der Waals surface area contributed by atoms with Crippen LogP contribution in [0.2, 0.25) is 0 Å². The minimum Gasteiger partial charge on any atom is -0.456 e. The Kier molecular flexibility index (Phi) is 15.8. The van der Waals surface area contributed by atoms with Gasteiger partial charge in [-0.05, 0) is 54.8 Å². The average Bonchev–Trinajstić information content (AvgIpc) is 3.30. The van der Waals surface area contributed by atoms with Gasteiger partial charge in [0, 0.05) is 74.3 Å². The van der Waals surface area contributed by atoms with Crippen molar-refractivity contribution in [3.63, 3.8) is 0 Å². The van der Waals surface area contributed by atoms with Gasteiger partial charge in [-0.2, -0.15) is 0 Å². The van der Waals surface area contributed by atoms with Gasteiger partial charge < -0.3 is 44.3 Å². The number of rotatable bonds is 12. The lowest BCUT2D eigenvalue weighted by atomic mass is 9.44. The third kappa shape index (κ3) is 9.67. The van der Waals surface area contributed by atoms with Gasteiger partial charge >= 0.3 is 23.9 Å². The van der Waals surface area contributed by atoms with Crippen molar-refractivity contribution >= 4 is 59.7 Å². The second-order valence-electron chi connectivity index (χ2n) is 17.8. The molecule has 1 aliphatic heterocycles. The number of carbonyl (C=O) groups excluding carboxylic acids is 6. The third-order valence-electron chi connectivity index (χ3n) is 13.6. The summed E-state index contributed by atoms with van der Waals surface area (Å²) in [7, 11) is 0. The van der Waals surface area contributed by atoms with E-state index in [1.165, 1.54) is 50.1 Å². The molecule has 0 aromatic heterocycles. The average molecular weight is 964 g/mol. The Bertz CT molecular complexity index is 2350. The van der Waals surface area contributed by atoms with Crippen LogP contribution in [-0.2, 0) is 46.5 Å². The molecule has 4 aliphatic rings. The minimum atomic E-state index is -2.39. The molecule has 1 heterocycles. The van der Waals surface area contributed by atoms with Crippen molar-refractivity contribution in [1.82, 2.24) is 5.32 Å². The first-order valence-electron chi connectivity index (χ1n) is 21.6. The minimum absolute atomic E-state index is 0.00289. The van der Waals surface area contributed by atoms with Gasteiger partial charge in [-0.1, -0.05) is 80.6 Å². The Morgan fingerprint density at radius 2 is 1.39 bits per heavy atom. The van der Waals surface area contributed by atoms with Crippen LogP contribution in [0.25, 0.3) is 0 Å². The summed E-state index contributed by atoms with van der Waals surface area (Å²) in [6.07, 6.45) is -6.74. The van der Waals surface area contributed by atoms with Crippen molar-refractivity contribution in [3.8, 4) is 0 Å². The summed E-state index contributed by atoms with van der Waals surface area (Å²) in [6.45, 7) is 7.97. The van der Waals surface area contributed by atoms with Crippen molar-refractivity contribution in [2.75, 3.05) is 19.1 Å². The van der Waals surface area contributed by atoms with Gasteiger partial charge in [-0.25, -0.2) is 13.2 Å². The first kappa shape index (κ1) is 51.3. The lowest BCUT2D eigenvalue weighted by molar-refractivity contribution is -0.346. The summed E-state index contributed by atoms with van der Waals surface area (Å²) in [5, 5.41) is 40.2. The fourth-order valence-electron chi connectivity index (χ4n) is 10.3. The number of Topliss-reactive ketones (excluding diaryl/α,β-unsaturated/α-hetero) is 1. The van der Waals surface area contributed by atoms with Crippen LogP contribution in [0.5, 0.6) is 0 Å². The number of aliphatic hydroxyl groups excluding tert-OH is 2. The third-order valence-corrected chi connectivity index (χ3v) is 14.7. The maximum atomic E-state index is 15.5. The van der Waals surface area contributed by atoms with E-state index in [9.17, 15) is 39.3 Å². The molecule has 67 heavy (non-hydrogen) atoms. The number of carbonyl (C=O) groups is 6. The highest BCUT2D eigenvalue weighted by Gasteiger charge is 2.78. The summed E-state index contributed by atoms with van der Waals surface area (Å²) in [5.74, 6) is -6.84. The maximum absolute atomic E-state index is 15.5. The molecular formula is C49H57NO15S2. The van der Waals surface area contributed by atoms with Crippen LogP contribution in [0.1, 0.15) is 86.7 Å². The Morgan fingerprint density at radius 3 is 1.90 bits per heavy atom. The second kappa shape index (κ2) is 20.6. The fourth-order valence-corrected chi connectivity index (χ4v) is 10.8. The fraction of sp³-hybridized carbons (Fsp3) is 0.469. The predicted octanol–water partition coefficient (Wildman–Crippen LogP) is 5.29. The van der Waals surface area contributed by atoms with E-state index in [1.54, 1.807) is 92.7 Å². The van der Waals surface area contributed by atoms with Crippen LogP contribution in [0.15, 0.2) is 102 Å². The summed E-state index contributed by atoms with van der Waals surface area (Å²) >= 11 is 2.73. The molecule has 2 saturated carbocycles. The number of hydrogen-bond donors (Lipinski definition) is 4. The smallest absolute Gasteiger partial charge is 0.338 e. The van der Waals surface area contributed by atoms with Gasteiger partial charge in [0.15, 0.2) is 23.6 Å². The molecule has 3 aromatic rings. The number of aliphatic hydroxyl groups is 3. The standard InChI is InChI=1S/C47H51NO14.C2H6OS2/c1-25-31(60-43(56)36(52)35(28-16-10-7-11-17-28)48-41(54)29-18-12-8-13-19-29)23-47(57)40(61-42(55)30-20-14-9-15-21-30)38-45(6,32(51)22-33-46(38,24-58-33)62-27(3)50)39(53)37(59-26(2)49)34(25)44(47,4)5;1-4-3-5-2/h7-21,31-33,35-38,40,51-52,57H,22-24H2,1-6H3,(H,48,54);1-2H3/t31-,32-,33+,35-,36+,37+,38-,40-,45+,46-,47+;/m0./s1. The Balaban J connectivity index is 0.00000141. The molecule has 7 rings (SSSR count). The molecule has 360 valence electrons. The van der Waals surface area contributed by atoms with E-state index in [0.29, 0.717) is 5.56 Å². The zero-order valence-corrected chi connectivity index (χ0v) is 40.1. The van der Waals surface area contributed by atoms with Crippen molar-refractivity contribution < 1.29 is 71.4 Å². The molecule has 3 aliphatic carbocycles. The number of benzene rings is 3. The monoisotopic (exact) mass is 963 g/mol. The molecule has 1 saturated heterocycles. The molecule has 0 unspecified atom stereocenters. The Hall–Kier alpha value is -5.08. The van der Waals surface area contributed by atoms with Crippen molar-refractivity contribution in [1.29, 1.82) is 0 Å². The van der Waals surface area contributed by atoms with Gasteiger partial charge in [0.1, 0.15) is 23.9 Å². The van der Waals surface area contributed by atoms with Crippen LogP contribution < -0.4 is 5.32 Å².